The number of rotatable bonds is 6. The number of guanidine groups is 1. The van der Waals surface area contributed by atoms with Gasteiger partial charge in [0.25, 0.3) is 0 Å². The second-order valence-electron chi connectivity index (χ2n) is 7.09. The molecule has 7 nitrogen and oxygen atoms in total. The summed E-state index contributed by atoms with van der Waals surface area (Å²) in [6, 6.07) is 0.757. The average molecular weight is 475 g/mol. The number of nitrogens with zero attached hydrogens (tertiary/aromatic N) is 5. The molecule has 1 aromatic heterocycles. The molecule has 1 atom stereocenters. The zero-order valence-electron chi connectivity index (χ0n) is 16.2. The number of likely N-dealkylation sites (tertiary alicyclic amines) is 1. The van der Waals surface area contributed by atoms with E-state index in [4.69, 9.17) is 0 Å². The van der Waals surface area contributed by atoms with Gasteiger partial charge in [-0.05, 0) is 38.6 Å². The molecule has 3 heterocycles. The molecule has 0 saturated carbocycles. The molecule has 0 radical (unpaired) electrons. The Bertz CT molecular complexity index is 572. The molecule has 0 bridgehead atoms. The third-order valence-electron chi connectivity index (χ3n) is 5.49. The summed E-state index contributed by atoms with van der Waals surface area (Å²) in [4.78, 5) is 6.96. The maximum Gasteiger partial charge on any atom is 0.191 e. The Balaban J connectivity index is 0.00000243. The van der Waals surface area contributed by atoms with E-state index in [0.29, 0.717) is 6.54 Å². The molecule has 3 rings (SSSR count). The third-order valence-corrected chi connectivity index (χ3v) is 5.49. The van der Waals surface area contributed by atoms with Crippen LogP contribution in [0.25, 0.3) is 0 Å². The highest BCUT2D eigenvalue weighted by atomic mass is 127. The Morgan fingerprint density at radius 1 is 1.15 bits per heavy atom. The third kappa shape index (κ3) is 5.55. The molecule has 2 N–H and O–H groups in total. The Kier molecular flexibility index (Phi) is 9.10. The summed E-state index contributed by atoms with van der Waals surface area (Å²) in [6.07, 6.45) is 8.82. The summed E-state index contributed by atoms with van der Waals surface area (Å²) in [7, 11) is 1.82. The first kappa shape index (κ1) is 21.4. The molecule has 0 spiro atoms. The lowest BCUT2D eigenvalue weighted by atomic mass is 10.0. The highest BCUT2D eigenvalue weighted by molar-refractivity contribution is 14.0. The van der Waals surface area contributed by atoms with Crippen LogP contribution in [0.2, 0.25) is 0 Å². The molecule has 0 aromatic carbocycles. The van der Waals surface area contributed by atoms with Crippen molar-refractivity contribution in [2.75, 3.05) is 26.7 Å². The Morgan fingerprint density at radius 3 is 2.81 bits per heavy atom. The minimum Gasteiger partial charge on any atom is -0.355 e. The van der Waals surface area contributed by atoms with Crippen LogP contribution in [0.5, 0.6) is 0 Å². The fraction of sp³-hybridized carbons (Fsp3) is 0.833. The maximum atomic E-state index is 4.34. The van der Waals surface area contributed by atoms with Crippen molar-refractivity contribution in [3.05, 3.63) is 11.6 Å². The van der Waals surface area contributed by atoms with E-state index in [0.717, 1.165) is 49.7 Å². The van der Waals surface area contributed by atoms with Gasteiger partial charge in [-0.2, -0.15) is 0 Å². The smallest absolute Gasteiger partial charge is 0.191 e. The monoisotopic (exact) mass is 475 g/mol. The van der Waals surface area contributed by atoms with Crippen molar-refractivity contribution in [1.82, 2.24) is 30.3 Å². The molecular weight excluding hydrogens is 441 g/mol. The standard InChI is InChI=1S/C18H33N7.HI/c1-3-15-8-4-6-11-24(15)13-10-20-18(19-2)21-14-17-23-22-16-9-5-7-12-25(16)17;/h15H,3-14H2,1-2H3,(H2,19,20,21);1H. The van der Waals surface area contributed by atoms with E-state index in [9.17, 15) is 0 Å². The van der Waals surface area contributed by atoms with Crippen molar-refractivity contribution in [3.63, 3.8) is 0 Å². The predicted octanol–water partition coefficient (Wildman–Crippen LogP) is 2.16. The first-order chi connectivity index (χ1) is 12.3. The molecule has 1 saturated heterocycles. The summed E-state index contributed by atoms with van der Waals surface area (Å²) in [5, 5.41) is 15.5. The fourth-order valence-electron chi connectivity index (χ4n) is 4.02. The van der Waals surface area contributed by atoms with Crippen LogP contribution in [0.15, 0.2) is 4.99 Å². The van der Waals surface area contributed by atoms with E-state index >= 15 is 0 Å². The summed E-state index contributed by atoms with van der Waals surface area (Å²) < 4.78 is 2.25. The van der Waals surface area contributed by atoms with Crippen LogP contribution in [-0.2, 0) is 19.5 Å². The molecule has 0 aliphatic carbocycles. The van der Waals surface area contributed by atoms with Crippen molar-refractivity contribution in [2.45, 2.75) is 71.0 Å². The topological polar surface area (TPSA) is 70.4 Å². The lowest BCUT2D eigenvalue weighted by Gasteiger charge is -2.35. The molecule has 8 heteroatoms. The van der Waals surface area contributed by atoms with E-state index in [1.165, 1.54) is 45.1 Å². The van der Waals surface area contributed by atoms with Gasteiger partial charge in [0.05, 0.1) is 6.54 Å². The van der Waals surface area contributed by atoms with Gasteiger partial charge in [0.1, 0.15) is 5.82 Å². The van der Waals surface area contributed by atoms with Crippen LogP contribution in [0, 0.1) is 0 Å². The molecule has 1 unspecified atom stereocenters. The normalized spacial score (nSPS) is 21.0. The minimum absolute atomic E-state index is 0. The maximum absolute atomic E-state index is 4.34. The van der Waals surface area contributed by atoms with Gasteiger partial charge in [0, 0.05) is 39.1 Å². The van der Waals surface area contributed by atoms with Gasteiger partial charge >= 0.3 is 0 Å². The summed E-state index contributed by atoms with van der Waals surface area (Å²) in [5.41, 5.74) is 0. The van der Waals surface area contributed by atoms with Crippen molar-refractivity contribution < 1.29 is 0 Å². The number of aliphatic imine (C=N–C) groups is 1. The van der Waals surface area contributed by atoms with Crippen molar-refractivity contribution in [2.24, 2.45) is 4.99 Å². The predicted molar refractivity (Wildman–Crippen MR) is 116 cm³/mol. The van der Waals surface area contributed by atoms with Crippen LogP contribution in [0.1, 0.15) is 57.1 Å². The molecule has 1 fully saturated rings. The van der Waals surface area contributed by atoms with E-state index in [2.05, 4.69) is 42.2 Å². The average Bonchev–Trinajstić information content (AvgIpc) is 3.08. The number of aryl methyl sites for hydroxylation is 1. The molecular formula is C18H34IN7. The fourth-order valence-corrected chi connectivity index (χ4v) is 4.02. The largest absolute Gasteiger partial charge is 0.355 e. The van der Waals surface area contributed by atoms with Crippen molar-refractivity contribution in [3.8, 4) is 0 Å². The highest BCUT2D eigenvalue weighted by Gasteiger charge is 2.20. The zero-order valence-corrected chi connectivity index (χ0v) is 18.5. The number of piperidine rings is 1. The lowest BCUT2D eigenvalue weighted by Crippen LogP contribution is -2.45. The summed E-state index contributed by atoms with van der Waals surface area (Å²) in [6.45, 7) is 7.26. The first-order valence-electron chi connectivity index (χ1n) is 9.91. The second kappa shape index (κ2) is 11.1. The van der Waals surface area contributed by atoms with E-state index in [-0.39, 0.29) is 24.0 Å². The van der Waals surface area contributed by atoms with Crippen molar-refractivity contribution >= 4 is 29.9 Å². The number of fused-ring (bicyclic) bond motifs is 1. The van der Waals surface area contributed by atoms with Gasteiger partial charge in [0.2, 0.25) is 0 Å². The van der Waals surface area contributed by atoms with Gasteiger partial charge in [-0.3, -0.25) is 9.89 Å². The Hall–Kier alpha value is -0.900. The van der Waals surface area contributed by atoms with Crippen LogP contribution in [-0.4, -0.2) is 58.3 Å². The van der Waals surface area contributed by atoms with Crippen LogP contribution in [0.3, 0.4) is 0 Å². The van der Waals surface area contributed by atoms with Crippen LogP contribution in [0.4, 0.5) is 0 Å². The lowest BCUT2D eigenvalue weighted by molar-refractivity contribution is 0.147. The van der Waals surface area contributed by atoms with E-state index in [1.807, 2.05) is 7.05 Å². The van der Waals surface area contributed by atoms with E-state index in [1.54, 1.807) is 0 Å². The molecule has 0 amide bonds. The molecule has 1 aromatic rings. The van der Waals surface area contributed by atoms with Crippen LogP contribution >= 0.6 is 24.0 Å². The SMILES string of the molecule is CCC1CCCCN1CCNC(=NC)NCc1nnc2n1CCCC2.I. The molecule has 2 aliphatic rings. The number of hydrogen-bond donors (Lipinski definition) is 2. The zero-order chi connectivity index (χ0) is 17.5. The Morgan fingerprint density at radius 2 is 2.00 bits per heavy atom. The number of hydrogen-bond acceptors (Lipinski definition) is 4. The number of aromatic nitrogens is 3. The van der Waals surface area contributed by atoms with Gasteiger partial charge in [-0.15, -0.1) is 34.2 Å². The van der Waals surface area contributed by atoms with Crippen LogP contribution < -0.4 is 10.6 Å². The number of halogens is 1. The second-order valence-corrected chi connectivity index (χ2v) is 7.09. The van der Waals surface area contributed by atoms with Gasteiger partial charge < -0.3 is 15.2 Å². The van der Waals surface area contributed by atoms with Crippen molar-refractivity contribution in [1.29, 1.82) is 0 Å². The Labute approximate surface area is 174 Å². The summed E-state index contributed by atoms with van der Waals surface area (Å²) >= 11 is 0. The molecule has 2 aliphatic heterocycles. The summed E-state index contributed by atoms with van der Waals surface area (Å²) in [5.74, 6) is 2.99. The quantitative estimate of drug-likeness (QED) is 0.375. The van der Waals surface area contributed by atoms with Gasteiger partial charge in [0.15, 0.2) is 11.8 Å². The number of nitrogens with one attached hydrogen (secondary N) is 2. The van der Waals surface area contributed by atoms with Gasteiger partial charge in [-0.25, -0.2) is 0 Å². The van der Waals surface area contributed by atoms with Gasteiger partial charge in [-0.1, -0.05) is 13.3 Å². The minimum atomic E-state index is 0. The van der Waals surface area contributed by atoms with E-state index < -0.39 is 0 Å². The highest BCUT2D eigenvalue weighted by Crippen LogP contribution is 2.18. The molecule has 148 valence electrons. The first-order valence-corrected chi connectivity index (χ1v) is 9.91. The molecule has 26 heavy (non-hydrogen) atoms.